The van der Waals surface area contributed by atoms with Crippen molar-refractivity contribution >= 4 is 41.5 Å². The van der Waals surface area contributed by atoms with Crippen LogP contribution in [0.5, 0.6) is 0 Å². The van der Waals surface area contributed by atoms with Crippen molar-refractivity contribution in [1.82, 2.24) is 37.2 Å². The monoisotopic (exact) mass is 524 g/mol. The van der Waals surface area contributed by atoms with Crippen molar-refractivity contribution in [3.05, 3.63) is 11.9 Å². The van der Waals surface area contributed by atoms with Gasteiger partial charge in [-0.25, -0.2) is 4.79 Å². The van der Waals surface area contributed by atoms with Gasteiger partial charge in [-0.05, 0) is 13.3 Å². The van der Waals surface area contributed by atoms with Gasteiger partial charge >= 0.3 is 6.03 Å². The van der Waals surface area contributed by atoms with E-state index in [1.165, 1.54) is 6.92 Å². The fourth-order valence-electron chi connectivity index (χ4n) is 3.30. The molecule has 0 saturated carbocycles. The van der Waals surface area contributed by atoms with Crippen molar-refractivity contribution in [1.29, 1.82) is 0 Å². The van der Waals surface area contributed by atoms with Crippen LogP contribution >= 0.6 is 0 Å². The van der Waals surface area contributed by atoms with Gasteiger partial charge in [0.15, 0.2) is 5.96 Å². The van der Waals surface area contributed by atoms with E-state index in [1.807, 2.05) is 0 Å². The summed E-state index contributed by atoms with van der Waals surface area (Å²) in [5.41, 5.74) is 21.7. The van der Waals surface area contributed by atoms with Gasteiger partial charge in [-0.15, -0.1) is 0 Å². The molecule has 0 spiro atoms. The summed E-state index contributed by atoms with van der Waals surface area (Å²) in [4.78, 5) is 79.0. The lowest BCUT2D eigenvalue weighted by Gasteiger charge is -2.31. The molecule has 2 rings (SSSR count). The van der Waals surface area contributed by atoms with Gasteiger partial charge in [-0.3, -0.25) is 29.0 Å². The summed E-state index contributed by atoms with van der Waals surface area (Å²) in [6, 6.07) is -6.78. The fourth-order valence-corrected chi connectivity index (χ4v) is 3.30. The van der Waals surface area contributed by atoms with Crippen LogP contribution in [0.4, 0.5) is 4.79 Å². The minimum atomic E-state index is -1.34. The first kappa shape index (κ1) is 28.8. The van der Waals surface area contributed by atoms with Crippen LogP contribution in [0.2, 0.25) is 0 Å². The maximum absolute atomic E-state index is 13.1. The maximum atomic E-state index is 13.1. The van der Waals surface area contributed by atoms with Gasteiger partial charge in [-0.2, -0.15) is 0 Å². The van der Waals surface area contributed by atoms with Crippen molar-refractivity contribution in [2.45, 2.75) is 43.6 Å². The highest BCUT2D eigenvalue weighted by Crippen LogP contribution is 2.06. The number of hydrogen-bond acceptors (Lipinski definition) is 11. The lowest BCUT2D eigenvalue weighted by Crippen LogP contribution is -2.63. The lowest BCUT2D eigenvalue weighted by atomic mass is 10.0. The van der Waals surface area contributed by atoms with Crippen LogP contribution in [0.25, 0.3) is 0 Å². The molecule has 18 heteroatoms. The van der Waals surface area contributed by atoms with E-state index >= 15 is 0 Å². The number of urea groups is 1. The Morgan fingerprint density at radius 2 is 1.76 bits per heavy atom. The van der Waals surface area contributed by atoms with Gasteiger partial charge < -0.3 is 60.2 Å². The second-order valence-corrected chi connectivity index (χ2v) is 8.19. The fraction of sp³-hybridized carbons (Fsp3) is 0.526. The highest BCUT2D eigenvalue weighted by atomic mass is 16.2. The Hall–Kier alpha value is -4.45. The van der Waals surface area contributed by atoms with Crippen LogP contribution < -0.4 is 60.2 Å². The van der Waals surface area contributed by atoms with Crippen molar-refractivity contribution < 1.29 is 28.8 Å². The Kier molecular flexibility index (Phi) is 10.1. The number of carbonyl (C=O) groups is 6. The van der Waals surface area contributed by atoms with Crippen LogP contribution in [-0.2, 0) is 24.0 Å². The largest absolute Gasteiger partial charge is 0.370 e. The van der Waals surface area contributed by atoms with E-state index in [-0.39, 0.29) is 32.0 Å². The van der Waals surface area contributed by atoms with Crippen LogP contribution in [0, 0.1) is 0 Å². The Morgan fingerprint density at radius 1 is 1.05 bits per heavy atom. The molecule has 7 amide bonds. The van der Waals surface area contributed by atoms with E-state index in [9.17, 15) is 28.8 Å². The second kappa shape index (κ2) is 13.0. The molecule has 0 aliphatic carbocycles. The highest BCUT2D eigenvalue weighted by Gasteiger charge is 2.34. The molecule has 15 N–H and O–H groups in total. The van der Waals surface area contributed by atoms with E-state index in [0.29, 0.717) is 0 Å². The summed E-state index contributed by atoms with van der Waals surface area (Å²) in [5.74, 6) is -4.16. The summed E-state index contributed by atoms with van der Waals surface area (Å²) in [7, 11) is 0. The number of aliphatic imine (C=N–C) groups is 1. The third-order valence-electron chi connectivity index (χ3n) is 5.34. The number of primary amides is 1. The molecular formula is C19H32N12O6. The number of amides is 7. The first-order valence-electron chi connectivity index (χ1n) is 11.2. The summed E-state index contributed by atoms with van der Waals surface area (Å²) < 4.78 is 0. The molecule has 2 aliphatic rings. The van der Waals surface area contributed by atoms with E-state index in [1.54, 1.807) is 0 Å². The first-order chi connectivity index (χ1) is 17.4. The predicted octanol–water partition coefficient (Wildman–Crippen LogP) is -6.82. The van der Waals surface area contributed by atoms with Crippen LogP contribution in [0.1, 0.15) is 13.3 Å². The summed E-state index contributed by atoms with van der Waals surface area (Å²) in [6.45, 7) is 0.879. The first-order valence-corrected chi connectivity index (χ1v) is 11.2. The molecule has 2 aliphatic heterocycles. The molecule has 1 fully saturated rings. The molecule has 5 unspecified atom stereocenters. The zero-order valence-electron chi connectivity index (χ0n) is 20.0. The smallest absolute Gasteiger partial charge is 0.316 e. The molecule has 37 heavy (non-hydrogen) atoms. The zero-order valence-corrected chi connectivity index (χ0v) is 20.0. The SMILES string of the molecule is CC1NC(=O)C(N)CNC(=O)C(C2CCN=C(N)N2)NC(=O)C(=CNC(N)=O)NC(=O)C(CN)NC1=O. The van der Waals surface area contributed by atoms with Crippen LogP contribution in [0.15, 0.2) is 16.9 Å². The third kappa shape index (κ3) is 8.32. The van der Waals surface area contributed by atoms with Gasteiger partial charge in [0.1, 0.15) is 29.9 Å². The van der Waals surface area contributed by atoms with E-state index in [4.69, 9.17) is 22.9 Å². The van der Waals surface area contributed by atoms with Gasteiger partial charge in [-0.1, -0.05) is 0 Å². The quantitative estimate of drug-likeness (QED) is 0.155. The summed E-state index contributed by atoms with van der Waals surface area (Å²) in [5, 5.41) is 16.7. The number of carbonyl (C=O) groups excluding carboxylic acids is 6. The van der Waals surface area contributed by atoms with Crippen molar-refractivity contribution in [3.8, 4) is 0 Å². The Bertz CT molecular complexity index is 998. The highest BCUT2D eigenvalue weighted by molar-refractivity contribution is 6.02. The summed E-state index contributed by atoms with van der Waals surface area (Å²) >= 11 is 0. The normalized spacial score (nSPS) is 29.5. The Morgan fingerprint density at radius 3 is 2.38 bits per heavy atom. The average Bonchev–Trinajstić information content (AvgIpc) is 2.85. The minimum Gasteiger partial charge on any atom is -0.370 e. The molecule has 1 saturated heterocycles. The second-order valence-electron chi connectivity index (χ2n) is 8.19. The number of hydrogen-bond donors (Lipinski definition) is 11. The number of nitrogens with one attached hydrogen (secondary N) is 7. The standard InChI is InChI=1S/C19H32N12O6/c1-7-13(32)28-10(4-20)15(34)29-11(6-26-19(23)37)16(35)31-12(9-2-3-24-18(22)30-9)17(36)25-5-8(21)14(33)27-7/h6-10,12H,2-5,20-21H2,1H3,(H,25,36)(H,27,33)(H,28,32)(H,29,34)(H,31,35)(H3,22,24,30)(H3,23,26,37). The molecule has 0 aromatic heterocycles. The Balaban J connectivity index is 2.44. The molecule has 0 radical (unpaired) electrons. The summed E-state index contributed by atoms with van der Waals surface area (Å²) in [6.07, 6.45) is 1.10. The van der Waals surface area contributed by atoms with E-state index in [0.717, 1.165) is 6.20 Å². The molecule has 18 nitrogen and oxygen atoms in total. The van der Waals surface area contributed by atoms with E-state index < -0.39 is 71.5 Å². The van der Waals surface area contributed by atoms with Crippen LogP contribution in [0.3, 0.4) is 0 Å². The zero-order chi connectivity index (χ0) is 27.7. The molecule has 0 bridgehead atoms. The maximum Gasteiger partial charge on any atom is 0.316 e. The van der Waals surface area contributed by atoms with E-state index in [2.05, 4.69) is 42.2 Å². The number of nitrogens with two attached hydrogens (primary N) is 4. The van der Waals surface area contributed by atoms with Gasteiger partial charge in [0, 0.05) is 25.8 Å². The van der Waals surface area contributed by atoms with Gasteiger partial charge in [0.2, 0.25) is 23.6 Å². The number of rotatable bonds is 3. The molecule has 204 valence electrons. The minimum absolute atomic E-state index is 0.0384. The number of guanidine groups is 1. The molecule has 0 aromatic rings. The van der Waals surface area contributed by atoms with Crippen molar-refractivity contribution in [3.63, 3.8) is 0 Å². The Labute approximate surface area is 211 Å². The molecule has 2 heterocycles. The van der Waals surface area contributed by atoms with Gasteiger partial charge in [0.25, 0.3) is 5.91 Å². The topological polar surface area (TPSA) is 303 Å². The van der Waals surface area contributed by atoms with Crippen molar-refractivity contribution in [2.75, 3.05) is 19.6 Å². The molecule has 5 atom stereocenters. The van der Waals surface area contributed by atoms with Crippen LogP contribution in [-0.4, -0.2) is 91.4 Å². The predicted molar refractivity (Wildman–Crippen MR) is 128 cm³/mol. The molecular weight excluding hydrogens is 492 g/mol. The third-order valence-corrected chi connectivity index (χ3v) is 5.34. The number of nitrogens with zero attached hydrogens (tertiary/aromatic N) is 1. The van der Waals surface area contributed by atoms with Gasteiger partial charge in [0.05, 0.1) is 6.04 Å². The lowest BCUT2D eigenvalue weighted by molar-refractivity contribution is -0.132. The average molecular weight is 525 g/mol. The van der Waals surface area contributed by atoms with Crippen molar-refractivity contribution in [2.24, 2.45) is 27.9 Å². The molecule has 0 aromatic carbocycles.